The van der Waals surface area contributed by atoms with Gasteiger partial charge in [0.2, 0.25) is 0 Å². The van der Waals surface area contributed by atoms with E-state index in [2.05, 4.69) is 26.1 Å². The third-order valence-corrected chi connectivity index (χ3v) is 4.18. The Labute approximate surface area is 121 Å². The zero-order valence-corrected chi connectivity index (χ0v) is 13.4. The van der Waals surface area contributed by atoms with E-state index in [1.165, 1.54) is 25.2 Å². The minimum atomic E-state index is -3.92. The van der Waals surface area contributed by atoms with Gasteiger partial charge >= 0.3 is 0 Å². The molecule has 2 N–H and O–H groups in total. The van der Waals surface area contributed by atoms with Crippen LogP contribution in [0, 0.1) is 5.82 Å². The van der Waals surface area contributed by atoms with Crippen molar-refractivity contribution >= 4 is 26.0 Å². The molecule has 0 aliphatic carbocycles. The van der Waals surface area contributed by atoms with Gasteiger partial charge in [-0.3, -0.25) is 0 Å². The first-order valence-corrected chi connectivity index (χ1v) is 7.94. The van der Waals surface area contributed by atoms with E-state index < -0.39 is 15.8 Å². The predicted octanol–water partition coefficient (Wildman–Crippen LogP) is 1.45. The number of hydrazine groups is 1. The van der Waals surface area contributed by atoms with Gasteiger partial charge in [0.25, 0.3) is 10.0 Å². The lowest BCUT2D eigenvalue weighted by molar-refractivity contribution is 0.362. The molecule has 0 heterocycles. The zero-order chi connectivity index (χ0) is 14.6. The van der Waals surface area contributed by atoms with Crippen molar-refractivity contribution in [3.63, 3.8) is 0 Å². The van der Waals surface area contributed by atoms with E-state index in [9.17, 15) is 12.8 Å². The van der Waals surface area contributed by atoms with E-state index in [0.29, 0.717) is 16.6 Å². The maximum atomic E-state index is 14.2. The minimum Gasteiger partial charge on any atom is -0.313 e. The highest BCUT2D eigenvalue weighted by Gasteiger charge is 2.22. The van der Waals surface area contributed by atoms with E-state index in [0.717, 1.165) is 0 Å². The van der Waals surface area contributed by atoms with Gasteiger partial charge in [0, 0.05) is 30.7 Å². The lowest BCUT2D eigenvalue weighted by Crippen LogP contribution is -2.36. The smallest absolute Gasteiger partial charge is 0.256 e. The molecule has 108 valence electrons. The van der Waals surface area contributed by atoms with Crippen LogP contribution < -0.4 is 10.1 Å². The summed E-state index contributed by atoms with van der Waals surface area (Å²) >= 11 is 3.20. The fourth-order valence-corrected chi connectivity index (χ4v) is 3.38. The highest BCUT2D eigenvalue weighted by Crippen LogP contribution is 2.24. The van der Waals surface area contributed by atoms with Crippen LogP contribution in [-0.2, 0) is 16.6 Å². The van der Waals surface area contributed by atoms with Crippen LogP contribution in [0.2, 0.25) is 0 Å². The normalized spacial score (nSPS) is 12.1. The molecule has 8 heteroatoms. The van der Waals surface area contributed by atoms with Crippen molar-refractivity contribution in [3.8, 4) is 0 Å². The molecule has 19 heavy (non-hydrogen) atoms. The van der Waals surface area contributed by atoms with Gasteiger partial charge in [0.05, 0.1) is 0 Å². The summed E-state index contributed by atoms with van der Waals surface area (Å²) in [6.45, 7) is 2.83. The summed E-state index contributed by atoms with van der Waals surface area (Å²) in [5.74, 6) is -0.738. The maximum absolute atomic E-state index is 14.2. The Morgan fingerprint density at radius 2 is 2.00 bits per heavy atom. The van der Waals surface area contributed by atoms with E-state index in [1.807, 2.05) is 6.92 Å². The van der Waals surface area contributed by atoms with Gasteiger partial charge in [-0.05, 0) is 18.7 Å². The fraction of sp³-hybridized carbons (Fsp3) is 0.455. The van der Waals surface area contributed by atoms with Gasteiger partial charge in [-0.25, -0.2) is 17.8 Å². The van der Waals surface area contributed by atoms with Crippen LogP contribution in [0.3, 0.4) is 0 Å². The lowest BCUT2D eigenvalue weighted by Gasteiger charge is -2.15. The van der Waals surface area contributed by atoms with Gasteiger partial charge in [-0.2, -0.15) is 0 Å². The summed E-state index contributed by atoms with van der Waals surface area (Å²) in [6.07, 6.45) is 0. The summed E-state index contributed by atoms with van der Waals surface area (Å²) in [5, 5.41) is 4.22. The number of hydrogen-bond acceptors (Lipinski definition) is 4. The molecule has 0 aliphatic heterocycles. The van der Waals surface area contributed by atoms with Gasteiger partial charge in [-0.15, -0.1) is 4.83 Å². The molecule has 0 spiro atoms. The molecule has 0 unspecified atom stereocenters. The standard InChI is InChI=1S/C11H17BrFN3O2S/c1-4-14-7-8-5-9(12)6-10(11(8)13)19(17,18)15-16(2)3/h5-6,14-15H,4,7H2,1-3H3. The van der Waals surface area contributed by atoms with Gasteiger partial charge in [-0.1, -0.05) is 22.9 Å². The number of hydrogen-bond donors (Lipinski definition) is 2. The van der Waals surface area contributed by atoms with E-state index in [1.54, 1.807) is 6.07 Å². The Kier molecular flexibility index (Phi) is 5.87. The number of nitrogens with one attached hydrogen (secondary N) is 2. The van der Waals surface area contributed by atoms with Gasteiger partial charge in [0.1, 0.15) is 10.7 Å². The Balaban J connectivity index is 3.24. The van der Waals surface area contributed by atoms with Crippen molar-refractivity contribution in [2.45, 2.75) is 18.4 Å². The highest BCUT2D eigenvalue weighted by atomic mass is 79.9. The summed E-state index contributed by atoms with van der Waals surface area (Å²) in [5.41, 5.74) is 0.301. The number of sulfonamides is 1. The first kappa shape index (κ1) is 16.5. The largest absolute Gasteiger partial charge is 0.313 e. The predicted molar refractivity (Wildman–Crippen MR) is 75.5 cm³/mol. The Hall–Kier alpha value is -0.540. The first-order valence-electron chi connectivity index (χ1n) is 5.66. The molecule has 0 amide bonds. The summed E-state index contributed by atoms with van der Waals surface area (Å²) < 4.78 is 38.8. The molecule has 1 aromatic carbocycles. The average Bonchev–Trinajstić information content (AvgIpc) is 2.28. The molecular formula is C11H17BrFN3O2S. The fourth-order valence-electron chi connectivity index (χ4n) is 1.49. The van der Waals surface area contributed by atoms with Crippen molar-refractivity contribution in [2.24, 2.45) is 0 Å². The Morgan fingerprint density at radius 1 is 1.37 bits per heavy atom. The molecule has 0 aromatic heterocycles. The van der Waals surface area contributed by atoms with E-state index in [-0.39, 0.29) is 11.4 Å². The van der Waals surface area contributed by atoms with Crippen LogP contribution in [0.25, 0.3) is 0 Å². The van der Waals surface area contributed by atoms with Crippen LogP contribution in [0.1, 0.15) is 12.5 Å². The van der Waals surface area contributed by atoms with Gasteiger partial charge in [0.15, 0.2) is 0 Å². The number of benzene rings is 1. The number of nitrogens with zero attached hydrogens (tertiary/aromatic N) is 1. The summed E-state index contributed by atoms with van der Waals surface area (Å²) in [4.78, 5) is 1.84. The number of halogens is 2. The van der Waals surface area contributed by atoms with Crippen LogP contribution in [0.15, 0.2) is 21.5 Å². The van der Waals surface area contributed by atoms with Crippen molar-refractivity contribution < 1.29 is 12.8 Å². The lowest BCUT2D eigenvalue weighted by atomic mass is 10.2. The summed E-state index contributed by atoms with van der Waals surface area (Å²) in [6, 6.07) is 2.81. The van der Waals surface area contributed by atoms with Crippen molar-refractivity contribution in [3.05, 3.63) is 28.0 Å². The zero-order valence-electron chi connectivity index (χ0n) is 11.0. The van der Waals surface area contributed by atoms with Crippen molar-refractivity contribution in [2.75, 3.05) is 20.6 Å². The molecule has 1 rings (SSSR count). The molecule has 0 bridgehead atoms. The van der Waals surface area contributed by atoms with Crippen molar-refractivity contribution in [1.82, 2.24) is 15.2 Å². The van der Waals surface area contributed by atoms with Crippen LogP contribution in [-0.4, -0.2) is 34.1 Å². The number of rotatable bonds is 6. The van der Waals surface area contributed by atoms with Crippen LogP contribution >= 0.6 is 15.9 Å². The maximum Gasteiger partial charge on any atom is 0.256 e. The Morgan fingerprint density at radius 3 is 2.53 bits per heavy atom. The monoisotopic (exact) mass is 353 g/mol. The molecule has 1 aromatic rings. The van der Waals surface area contributed by atoms with Crippen molar-refractivity contribution in [1.29, 1.82) is 0 Å². The second-order valence-electron chi connectivity index (χ2n) is 4.15. The second kappa shape index (κ2) is 6.76. The highest BCUT2D eigenvalue weighted by molar-refractivity contribution is 9.10. The van der Waals surface area contributed by atoms with E-state index in [4.69, 9.17) is 0 Å². The Bertz CT molecular complexity index is 549. The SMILES string of the molecule is CCNCc1cc(Br)cc(S(=O)(=O)NN(C)C)c1F. The van der Waals surface area contributed by atoms with Gasteiger partial charge < -0.3 is 5.32 Å². The topological polar surface area (TPSA) is 61.4 Å². The molecule has 0 atom stereocenters. The third kappa shape index (κ3) is 4.50. The quantitative estimate of drug-likeness (QED) is 0.760. The first-order chi connectivity index (χ1) is 8.77. The summed E-state index contributed by atoms with van der Waals surface area (Å²) in [7, 11) is -0.875. The minimum absolute atomic E-state index is 0.270. The molecular weight excluding hydrogens is 337 g/mol. The molecule has 0 fully saturated rings. The van der Waals surface area contributed by atoms with Crippen LogP contribution in [0.4, 0.5) is 4.39 Å². The molecule has 0 saturated heterocycles. The average molecular weight is 354 g/mol. The molecule has 0 radical (unpaired) electrons. The van der Waals surface area contributed by atoms with Crippen LogP contribution in [0.5, 0.6) is 0 Å². The third-order valence-electron chi connectivity index (χ3n) is 2.24. The molecule has 5 nitrogen and oxygen atoms in total. The van der Waals surface area contributed by atoms with E-state index >= 15 is 0 Å². The molecule has 0 saturated carbocycles. The second-order valence-corrected chi connectivity index (χ2v) is 6.69. The molecule has 0 aliphatic rings.